The molecular formula is C24H24N4. The van der Waals surface area contributed by atoms with Gasteiger partial charge in [-0.05, 0) is 73.2 Å². The van der Waals surface area contributed by atoms with Crippen LogP contribution in [-0.2, 0) is 13.0 Å². The molecule has 2 aliphatic rings. The van der Waals surface area contributed by atoms with Crippen molar-refractivity contribution in [1.29, 1.82) is 0 Å². The minimum atomic E-state index is 0.993. The molecule has 1 aromatic carbocycles. The van der Waals surface area contributed by atoms with Crippen LogP contribution in [0.1, 0.15) is 23.7 Å². The fourth-order valence-electron chi connectivity index (χ4n) is 4.08. The zero-order chi connectivity index (χ0) is 19.1. The van der Waals surface area contributed by atoms with E-state index in [4.69, 9.17) is 0 Å². The van der Waals surface area contributed by atoms with Gasteiger partial charge in [-0.25, -0.2) is 0 Å². The van der Waals surface area contributed by atoms with Crippen molar-refractivity contribution in [2.45, 2.75) is 19.9 Å². The Morgan fingerprint density at radius 2 is 2.00 bits per heavy atom. The highest BCUT2D eigenvalue weighted by Crippen LogP contribution is 2.34. The number of nitrogens with zero attached hydrogens (tertiary/aromatic N) is 3. The van der Waals surface area contributed by atoms with Gasteiger partial charge in [0, 0.05) is 60.6 Å². The lowest BCUT2D eigenvalue weighted by Crippen LogP contribution is -2.26. The number of benzene rings is 1. The Hall–Kier alpha value is -3.11. The Morgan fingerprint density at radius 1 is 1.18 bits per heavy atom. The van der Waals surface area contributed by atoms with Gasteiger partial charge in [0.15, 0.2) is 0 Å². The molecule has 1 aliphatic carbocycles. The summed E-state index contributed by atoms with van der Waals surface area (Å²) in [5, 5.41) is 4.84. The van der Waals surface area contributed by atoms with E-state index in [9.17, 15) is 0 Å². The summed E-state index contributed by atoms with van der Waals surface area (Å²) in [6.07, 6.45) is 13.3. The summed E-state index contributed by atoms with van der Waals surface area (Å²) >= 11 is 0. The van der Waals surface area contributed by atoms with Crippen molar-refractivity contribution in [3.8, 4) is 0 Å². The molecule has 0 saturated carbocycles. The smallest absolute Gasteiger partial charge is 0.0530 e. The van der Waals surface area contributed by atoms with Gasteiger partial charge in [0.05, 0.1) is 5.52 Å². The van der Waals surface area contributed by atoms with Gasteiger partial charge in [-0.3, -0.25) is 4.98 Å². The fourth-order valence-corrected chi connectivity index (χ4v) is 4.08. The third kappa shape index (κ3) is 2.96. The van der Waals surface area contributed by atoms with E-state index in [1.54, 1.807) is 0 Å². The van der Waals surface area contributed by atoms with Crippen molar-refractivity contribution in [2.75, 3.05) is 18.9 Å². The SMILES string of the molecule is C/C(=C/n1c2c(c3cc(NC4=CC=C4)ccc31)CN(C)CC2)c1ccncc1. The third-order valence-corrected chi connectivity index (χ3v) is 5.68. The highest BCUT2D eigenvalue weighted by molar-refractivity contribution is 5.92. The van der Waals surface area contributed by atoms with Gasteiger partial charge >= 0.3 is 0 Å². The molecule has 0 amide bonds. The molecule has 1 aliphatic heterocycles. The van der Waals surface area contributed by atoms with Crippen LogP contribution in [0.25, 0.3) is 22.7 Å². The number of rotatable bonds is 4. The van der Waals surface area contributed by atoms with Gasteiger partial charge in [0.25, 0.3) is 0 Å². The number of allylic oxidation sites excluding steroid dienone is 4. The van der Waals surface area contributed by atoms with E-state index in [-0.39, 0.29) is 0 Å². The lowest BCUT2D eigenvalue weighted by Gasteiger charge is -2.23. The quantitative estimate of drug-likeness (QED) is 0.710. The van der Waals surface area contributed by atoms with Crippen molar-refractivity contribution >= 4 is 28.4 Å². The minimum Gasteiger partial charge on any atom is -0.356 e. The zero-order valence-corrected chi connectivity index (χ0v) is 16.3. The van der Waals surface area contributed by atoms with Crippen LogP contribution in [0.3, 0.4) is 0 Å². The van der Waals surface area contributed by atoms with Crippen LogP contribution in [-0.4, -0.2) is 28.0 Å². The normalized spacial score (nSPS) is 16.6. The highest BCUT2D eigenvalue weighted by atomic mass is 15.1. The van der Waals surface area contributed by atoms with Crippen LogP contribution in [0, 0.1) is 0 Å². The van der Waals surface area contributed by atoms with Gasteiger partial charge in [0.2, 0.25) is 0 Å². The maximum absolute atomic E-state index is 4.14. The molecule has 0 radical (unpaired) electrons. The summed E-state index contributed by atoms with van der Waals surface area (Å²) in [4.78, 5) is 6.55. The zero-order valence-electron chi connectivity index (χ0n) is 16.3. The lowest BCUT2D eigenvalue weighted by atomic mass is 10.0. The summed E-state index contributed by atoms with van der Waals surface area (Å²) < 4.78 is 2.40. The Balaban J connectivity index is 1.64. The van der Waals surface area contributed by atoms with E-state index < -0.39 is 0 Å². The second-order valence-electron chi connectivity index (χ2n) is 7.67. The van der Waals surface area contributed by atoms with Crippen molar-refractivity contribution in [3.05, 3.63) is 83.5 Å². The Labute approximate surface area is 165 Å². The number of nitrogens with one attached hydrogen (secondary N) is 1. The molecule has 1 N–H and O–H groups in total. The average molecular weight is 368 g/mol. The molecule has 140 valence electrons. The molecule has 0 saturated heterocycles. The molecule has 0 fully saturated rings. The number of aromatic nitrogens is 2. The first kappa shape index (κ1) is 17.0. The monoisotopic (exact) mass is 368 g/mol. The van der Waals surface area contributed by atoms with Gasteiger partial charge in [-0.15, -0.1) is 0 Å². The van der Waals surface area contributed by atoms with E-state index in [0.717, 1.165) is 30.9 Å². The molecule has 3 aromatic rings. The van der Waals surface area contributed by atoms with Crippen LogP contribution < -0.4 is 5.32 Å². The molecule has 28 heavy (non-hydrogen) atoms. The second-order valence-corrected chi connectivity index (χ2v) is 7.67. The largest absolute Gasteiger partial charge is 0.356 e. The highest BCUT2D eigenvalue weighted by Gasteiger charge is 2.22. The molecule has 2 aromatic heterocycles. The summed E-state index contributed by atoms with van der Waals surface area (Å²) in [6.45, 7) is 4.26. The summed E-state index contributed by atoms with van der Waals surface area (Å²) in [7, 11) is 2.20. The maximum atomic E-state index is 4.14. The molecule has 3 heterocycles. The number of likely N-dealkylation sites (N-methyl/N-ethyl adjacent to an activating group) is 1. The molecule has 4 heteroatoms. The van der Waals surface area contributed by atoms with Gasteiger partial charge in [-0.2, -0.15) is 0 Å². The molecule has 0 unspecified atom stereocenters. The van der Waals surface area contributed by atoms with E-state index in [1.165, 1.54) is 33.3 Å². The standard InChI is InChI=1S/C24H24N4/c1-17(18-8-11-25-12-9-18)15-28-23-7-6-20(26-19-4-3-5-19)14-21(23)22-16-27(2)13-10-24(22)28/h3-9,11-12,14-15,26H,10,13,16H2,1-2H3/b17-15-. The van der Waals surface area contributed by atoms with Gasteiger partial charge in [-0.1, -0.05) is 6.08 Å². The minimum absolute atomic E-state index is 0.993. The lowest BCUT2D eigenvalue weighted by molar-refractivity contribution is 0.312. The molecule has 5 rings (SSSR count). The average Bonchev–Trinajstić information content (AvgIpc) is 2.98. The van der Waals surface area contributed by atoms with Gasteiger partial charge in [0.1, 0.15) is 0 Å². The van der Waals surface area contributed by atoms with Crippen molar-refractivity contribution < 1.29 is 0 Å². The Morgan fingerprint density at radius 3 is 2.75 bits per heavy atom. The van der Waals surface area contributed by atoms with Crippen molar-refractivity contribution in [3.63, 3.8) is 0 Å². The Kier molecular flexibility index (Phi) is 4.14. The van der Waals surface area contributed by atoms with Gasteiger partial charge < -0.3 is 14.8 Å². The van der Waals surface area contributed by atoms with Crippen LogP contribution in [0.2, 0.25) is 0 Å². The van der Waals surface area contributed by atoms with Crippen LogP contribution >= 0.6 is 0 Å². The van der Waals surface area contributed by atoms with Crippen LogP contribution in [0.15, 0.2) is 66.7 Å². The molecule has 0 spiro atoms. The summed E-state index contributed by atoms with van der Waals surface area (Å²) in [5.41, 5.74) is 8.92. The molecule has 4 nitrogen and oxygen atoms in total. The van der Waals surface area contributed by atoms with E-state index in [2.05, 4.69) is 88.5 Å². The fraction of sp³-hybridized carbons (Fsp3) is 0.208. The first-order valence-corrected chi connectivity index (χ1v) is 9.77. The number of hydrogen-bond acceptors (Lipinski definition) is 3. The summed E-state index contributed by atoms with van der Waals surface area (Å²) in [6, 6.07) is 10.9. The maximum Gasteiger partial charge on any atom is 0.0530 e. The molecule has 0 bridgehead atoms. The Bertz CT molecular complexity index is 1130. The number of hydrogen-bond donors (Lipinski definition) is 1. The van der Waals surface area contributed by atoms with E-state index in [1.807, 2.05) is 12.4 Å². The van der Waals surface area contributed by atoms with Crippen LogP contribution in [0.4, 0.5) is 5.69 Å². The third-order valence-electron chi connectivity index (χ3n) is 5.68. The van der Waals surface area contributed by atoms with Crippen LogP contribution in [0.5, 0.6) is 0 Å². The summed E-state index contributed by atoms with van der Waals surface area (Å²) in [5.74, 6) is 0. The number of pyridine rings is 1. The predicted octanol–water partition coefficient (Wildman–Crippen LogP) is 4.91. The van der Waals surface area contributed by atoms with Crippen molar-refractivity contribution in [2.24, 2.45) is 0 Å². The molecule has 0 atom stereocenters. The number of anilines is 1. The number of fused-ring (bicyclic) bond motifs is 3. The second kappa shape index (κ2) is 6.80. The predicted molar refractivity (Wildman–Crippen MR) is 117 cm³/mol. The first-order valence-electron chi connectivity index (χ1n) is 9.77. The molecular weight excluding hydrogens is 344 g/mol. The topological polar surface area (TPSA) is 33.1 Å². The van der Waals surface area contributed by atoms with E-state index in [0.29, 0.717) is 0 Å². The van der Waals surface area contributed by atoms with E-state index >= 15 is 0 Å². The first-order chi connectivity index (χ1) is 13.7. The van der Waals surface area contributed by atoms with Crippen molar-refractivity contribution in [1.82, 2.24) is 14.5 Å².